The number of nitriles is 1. The minimum atomic E-state index is 0.403. The van der Waals surface area contributed by atoms with Crippen LogP contribution in [0.3, 0.4) is 0 Å². The molecule has 25 heavy (non-hydrogen) atoms. The van der Waals surface area contributed by atoms with Crippen LogP contribution in [0.5, 0.6) is 5.88 Å². The average Bonchev–Trinajstić information content (AvgIpc) is 2.64. The predicted octanol–water partition coefficient (Wildman–Crippen LogP) is 2.36. The molecular weight excluding hydrogens is 316 g/mol. The molecule has 7 nitrogen and oxygen atoms in total. The lowest BCUT2D eigenvalue weighted by atomic mass is 9.98. The summed E-state index contributed by atoms with van der Waals surface area (Å²) in [6.45, 7) is 8.24. The summed E-state index contributed by atoms with van der Waals surface area (Å²) in [5.41, 5.74) is 2.37. The van der Waals surface area contributed by atoms with E-state index in [0.29, 0.717) is 30.0 Å². The van der Waals surface area contributed by atoms with Crippen LogP contribution >= 0.6 is 0 Å². The van der Waals surface area contributed by atoms with E-state index in [4.69, 9.17) is 10.00 Å². The molecule has 0 atom stereocenters. The van der Waals surface area contributed by atoms with E-state index in [0.717, 1.165) is 43.0 Å². The number of ether oxygens (including phenoxy) is 1. The molecule has 3 rings (SSSR count). The molecule has 0 N–H and O–H groups in total. The van der Waals surface area contributed by atoms with Gasteiger partial charge in [0.25, 0.3) is 0 Å². The molecule has 0 radical (unpaired) electrons. The molecule has 3 heterocycles. The van der Waals surface area contributed by atoms with E-state index < -0.39 is 0 Å². The monoisotopic (exact) mass is 338 g/mol. The number of rotatable bonds is 4. The number of aromatic nitrogens is 4. The number of anilines is 1. The Labute approximate surface area is 147 Å². The minimum Gasteiger partial charge on any atom is -0.477 e. The highest BCUT2D eigenvalue weighted by molar-refractivity contribution is 5.34. The first kappa shape index (κ1) is 17.1. The summed E-state index contributed by atoms with van der Waals surface area (Å²) in [6.07, 6.45) is 3.64. The Morgan fingerprint density at radius 2 is 1.96 bits per heavy atom. The van der Waals surface area contributed by atoms with E-state index in [-0.39, 0.29) is 0 Å². The van der Waals surface area contributed by atoms with Crippen molar-refractivity contribution in [1.29, 1.82) is 5.26 Å². The summed E-state index contributed by atoms with van der Waals surface area (Å²) in [4.78, 5) is 19.4. The fourth-order valence-corrected chi connectivity index (χ4v) is 2.94. The van der Waals surface area contributed by atoms with E-state index in [9.17, 15) is 0 Å². The molecule has 0 unspecified atom stereocenters. The van der Waals surface area contributed by atoms with Crippen molar-refractivity contribution < 1.29 is 4.74 Å². The average molecular weight is 338 g/mol. The molecule has 0 aliphatic carbocycles. The quantitative estimate of drug-likeness (QED) is 0.845. The molecule has 0 spiro atoms. The molecule has 130 valence electrons. The second-order valence-corrected chi connectivity index (χ2v) is 6.38. The normalized spacial score (nSPS) is 15.0. The number of hydrogen-bond acceptors (Lipinski definition) is 7. The van der Waals surface area contributed by atoms with Gasteiger partial charge in [0.2, 0.25) is 11.8 Å². The highest BCUT2D eigenvalue weighted by atomic mass is 16.5. The van der Waals surface area contributed by atoms with Crippen molar-refractivity contribution in [1.82, 2.24) is 19.9 Å². The van der Waals surface area contributed by atoms with Crippen LogP contribution in [0.4, 0.5) is 5.95 Å². The van der Waals surface area contributed by atoms with E-state index >= 15 is 0 Å². The zero-order valence-electron chi connectivity index (χ0n) is 14.9. The van der Waals surface area contributed by atoms with Crippen LogP contribution in [0.2, 0.25) is 0 Å². The number of hydrogen-bond donors (Lipinski definition) is 0. The zero-order chi connectivity index (χ0) is 17.8. The Bertz CT molecular complexity index is 793. The fourth-order valence-electron chi connectivity index (χ4n) is 2.94. The van der Waals surface area contributed by atoms with Crippen molar-refractivity contribution in [2.45, 2.75) is 33.6 Å². The molecule has 1 saturated heterocycles. The zero-order valence-corrected chi connectivity index (χ0v) is 14.9. The van der Waals surface area contributed by atoms with E-state index in [1.165, 1.54) is 0 Å². The third-order valence-electron chi connectivity index (χ3n) is 4.57. The lowest BCUT2D eigenvalue weighted by molar-refractivity contribution is 0.213. The summed E-state index contributed by atoms with van der Waals surface area (Å²) in [6, 6.07) is 3.68. The maximum Gasteiger partial charge on any atom is 0.226 e. The van der Waals surface area contributed by atoms with Gasteiger partial charge in [-0.1, -0.05) is 0 Å². The van der Waals surface area contributed by atoms with E-state index in [1.54, 1.807) is 12.3 Å². The topological polar surface area (TPSA) is 87.8 Å². The lowest BCUT2D eigenvalue weighted by Gasteiger charge is -2.31. The Morgan fingerprint density at radius 3 is 2.68 bits per heavy atom. The third-order valence-corrected chi connectivity index (χ3v) is 4.57. The predicted molar refractivity (Wildman–Crippen MR) is 93.4 cm³/mol. The highest BCUT2D eigenvalue weighted by Gasteiger charge is 2.22. The molecule has 0 bridgehead atoms. The lowest BCUT2D eigenvalue weighted by Crippen LogP contribution is -2.36. The van der Waals surface area contributed by atoms with Gasteiger partial charge < -0.3 is 9.64 Å². The first-order valence-electron chi connectivity index (χ1n) is 8.49. The van der Waals surface area contributed by atoms with Crippen molar-refractivity contribution in [3.05, 3.63) is 35.0 Å². The van der Waals surface area contributed by atoms with Gasteiger partial charge in [-0.25, -0.2) is 15.0 Å². The summed E-state index contributed by atoms with van der Waals surface area (Å²) in [5.74, 6) is 2.54. The van der Waals surface area contributed by atoms with Crippen LogP contribution in [-0.4, -0.2) is 39.6 Å². The van der Waals surface area contributed by atoms with E-state index in [2.05, 4.69) is 30.9 Å². The molecule has 1 aliphatic heterocycles. The van der Waals surface area contributed by atoms with Gasteiger partial charge in [-0.05, 0) is 45.6 Å². The highest BCUT2D eigenvalue weighted by Crippen LogP contribution is 2.23. The standard InChI is InChI=1S/C18H22N6O/c1-12-13(2)21-14(3)22-17(12)25-11-15-5-8-24(9-6-15)18-20-7-4-16(10-19)23-18/h4,7,15H,5-6,8-9,11H2,1-3H3. The molecule has 2 aromatic rings. The second kappa shape index (κ2) is 7.43. The maximum absolute atomic E-state index is 8.96. The Hall–Kier alpha value is -2.75. The summed E-state index contributed by atoms with van der Waals surface area (Å²) in [5, 5.41) is 8.96. The van der Waals surface area contributed by atoms with Crippen molar-refractivity contribution in [3.8, 4) is 11.9 Å². The maximum atomic E-state index is 8.96. The Morgan fingerprint density at radius 1 is 1.20 bits per heavy atom. The number of aryl methyl sites for hydroxylation is 2. The van der Waals surface area contributed by atoms with Gasteiger partial charge in [-0.15, -0.1) is 0 Å². The van der Waals surface area contributed by atoms with Gasteiger partial charge >= 0.3 is 0 Å². The second-order valence-electron chi connectivity index (χ2n) is 6.38. The largest absolute Gasteiger partial charge is 0.477 e. The van der Waals surface area contributed by atoms with Crippen LogP contribution < -0.4 is 9.64 Å². The van der Waals surface area contributed by atoms with Gasteiger partial charge in [-0.2, -0.15) is 10.2 Å². The molecule has 1 aliphatic rings. The van der Waals surface area contributed by atoms with Gasteiger partial charge in [0, 0.05) is 30.5 Å². The van der Waals surface area contributed by atoms with Crippen LogP contribution in [0, 0.1) is 38.0 Å². The summed E-state index contributed by atoms with van der Waals surface area (Å²) >= 11 is 0. The molecule has 0 saturated carbocycles. The van der Waals surface area contributed by atoms with Crippen LogP contribution in [-0.2, 0) is 0 Å². The van der Waals surface area contributed by atoms with Crippen LogP contribution in [0.25, 0.3) is 0 Å². The van der Waals surface area contributed by atoms with Gasteiger partial charge in [0.05, 0.1) is 6.61 Å². The Kier molecular flexibility index (Phi) is 5.08. The molecule has 7 heteroatoms. The smallest absolute Gasteiger partial charge is 0.226 e. The van der Waals surface area contributed by atoms with Crippen LogP contribution in [0.15, 0.2) is 12.3 Å². The Balaban J connectivity index is 1.55. The number of piperidine rings is 1. The third kappa shape index (κ3) is 4.02. The SMILES string of the molecule is Cc1nc(C)c(C)c(OCC2CCN(c3nccc(C#N)n3)CC2)n1. The van der Waals surface area contributed by atoms with Crippen LogP contribution in [0.1, 0.15) is 35.6 Å². The summed E-state index contributed by atoms with van der Waals surface area (Å²) in [7, 11) is 0. The molecule has 0 amide bonds. The van der Waals surface area contributed by atoms with Crippen molar-refractivity contribution >= 4 is 5.95 Å². The van der Waals surface area contributed by atoms with Gasteiger partial charge in [-0.3, -0.25) is 0 Å². The summed E-state index contributed by atoms with van der Waals surface area (Å²) < 4.78 is 5.97. The van der Waals surface area contributed by atoms with Gasteiger partial charge in [0.1, 0.15) is 17.6 Å². The van der Waals surface area contributed by atoms with Crippen molar-refractivity contribution in [2.75, 3.05) is 24.6 Å². The minimum absolute atomic E-state index is 0.403. The number of nitrogens with zero attached hydrogens (tertiary/aromatic N) is 6. The molecule has 0 aromatic carbocycles. The van der Waals surface area contributed by atoms with Gasteiger partial charge in [0.15, 0.2) is 0 Å². The molecule has 2 aromatic heterocycles. The van der Waals surface area contributed by atoms with Crippen molar-refractivity contribution in [3.63, 3.8) is 0 Å². The molecule has 1 fully saturated rings. The first-order valence-corrected chi connectivity index (χ1v) is 8.49. The molecular formula is C18H22N6O. The first-order chi connectivity index (χ1) is 12.1. The van der Waals surface area contributed by atoms with Crippen molar-refractivity contribution in [2.24, 2.45) is 5.92 Å². The van der Waals surface area contributed by atoms with E-state index in [1.807, 2.05) is 20.8 Å². The fraction of sp³-hybridized carbons (Fsp3) is 0.500.